The zero-order chi connectivity index (χ0) is 25.1. The van der Waals surface area contributed by atoms with Crippen molar-refractivity contribution in [2.75, 3.05) is 6.61 Å². The number of benzene rings is 3. The molecule has 1 heterocycles. The maximum atomic E-state index is 12.8. The van der Waals surface area contributed by atoms with E-state index in [0.717, 1.165) is 5.56 Å². The van der Waals surface area contributed by atoms with Gasteiger partial charge in [0.15, 0.2) is 17.2 Å². The highest BCUT2D eigenvalue weighted by Gasteiger charge is 2.26. The molecule has 0 saturated heterocycles. The third kappa shape index (κ3) is 5.59. The Morgan fingerprint density at radius 3 is 2.63 bits per heavy atom. The van der Waals surface area contributed by atoms with E-state index in [1.807, 2.05) is 26.0 Å². The summed E-state index contributed by atoms with van der Waals surface area (Å²) in [7, 11) is 0. The normalized spacial score (nSPS) is 14.0. The van der Waals surface area contributed by atoms with Gasteiger partial charge in [0, 0.05) is 5.02 Å². The minimum atomic E-state index is -0.629. The highest BCUT2D eigenvalue weighted by molar-refractivity contribution is 9.10. The van der Waals surface area contributed by atoms with Gasteiger partial charge >= 0.3 is 11.9 Å². The molecule has 178 valence electrons. The molecule has 35 heavy (non-hydrogen) atoms. The second-order valence-electron chi connectivity index (χ2n) is 7.43. The summed E-state index contributed by atoms with van der Waals surface area (Å²) in [6.07, 6.45) is 1.54. The van der Waals surface area contributed by atoms with Gasteiger partial charge in [-0.3, -0.25) is 0 Å². The Bertz CT molecular complexity index is 1400. The lowest BCUT2D eigenvalue weighted by atomic mass is 10.1. The second kappa shape index (κ2) is 10.6. The summed E-state index contributed by atoms with van der Waals surface area (Å²) in [5, 5.41) is 0.766. The first-order valence-corrected chi connectivity index (χ1v) is 12.0. The van der Waals surface area contributed by atoms with Crippen LogP contribution in [0.25, 0.3) is 6.08 Å². The van der Waals surface area contributed by atoms with Crippen LogP contribution in [0, 0.1) is 6.92 Å². The molecule has 3 aromatic carbocycles. The van der Waals surface area contributed by atoms with E-state index < -0.39 is 11.9 Å². The van der Waals surface area contributed by atoms with Crippen molar-refractivity contribution in [3.63, 3.8) is 0 Å². The van der Waals surface area contributed by atoms with Crippen LogP contribution >= 0.6 is 39.1 Å². The molecule has 1 aliphatic heterocycles. The molecule has 0 fully saturated rings. The standard InChI is InChI=1S/C26H18BrCl2NO5/c1-3-33-22-12-15(10-19(27)23(22)34-25(31)17-7-5-4-6-14(17)2)11-21-26(32)35-24(30-21)18-9-8-16(28)13-20(18)29/h4-13H,3H2,1-2H3/b21-11-. The number of aliphatic imine (C=N–C) groups is 1. The van der Waals surface area contributed by atoms with Gasteiger partial charge < -0.3 is 14.2 Å². The summed E-state index contributed by atoms with van der Waals surface area (Å²) in [4.78, 5) is 29.5. The number of hydrogen-bond donors (Lipinski definition) is 0. The number of nitrogens with zero attached hydrogens (tertiary/aromatic N) is 1. The molecule has 0 atom stereocenters. The van der Waals surface area contributed by atoms with Crippen LogP contribution in [0.4, 0.5) is 0 Å². The van der Waals surface area contributed by atoms with E-state index in [2.05, 4.69) is 20.9 Å². The molecule has 0 amide bonds. The molecule has 0 aliphatic carbocycles. The minimum absolute atomic E-state index is 0.0741. The largest absolute Gasteiger partial charge is 0.490 e. The van der Waals surface area contributed by atoms with Gasteiger partial charge in [0.2, 0.25) is 5.90 Å². The van der Waals surface area contributed by atoms with E-state index in [-0.39, 0.29) is 17.3 Å². The van der Waals surface area contributed by atoms with Gasteiger partial charge in [-0.05, 0) is 83.4 Å². The Kier molecular flexibility index (Phi) is 7.60. The summed E-state index contributed by atoms with van der Waals surface area (Å²) in [5.41, 5.74) is 2.34. The Morgan fingerprint density at radius 2 is 1.91 bits per heavy atom. The van der Waals surface area contributed by atoms with Crippen molar-refractivity contribution >= 4 is 63.0 Å². The zero-order valence-electron chi connectivity index (χ0n) is 18.6. The molecule has 6 nitrogen and oxygen atoms in total. The van der Waals surface area contributed by atoms with Gasteiger partial charge in [0.05, 0.1) is 27.2 Å². The average Bonchev–Trinajstić information content (AvgIpc) is 3.16. The Balaban J connectivity index is 1.67. The predicted octanol–water partition coefficient (Wildman–Crippen LogP) is 7.03. The minimum Gasteiger partial charge on any atom is -0.490 e. The molecule has 0 saturated carbocycles. The lowest BCUT2D eigenvalue weighted by Crippen LogP contribution is -2.11. The van der Waals surface area contributed by atoms with Crippen molar-refractivity contribution in [2.45, 2.75) is 13.8 Å². The van der Waals surface area contributed by atoms with Crippen LogP contribution in [0.15, 0.2) is 69.8 Å². The molecular weight excluding hydrogens is 557 g/mol. The van der Waals surface area contributed by atoms with Crippen LogP contribution in [-0.2, 0) is 9.53 Å². The zero-order valence-corrected chi connectivity index (χ0v) is 21.7. The third-order valence-electron chi connectivity index (χ3n) is 4.98. The fourth-order valence-corrected chi connectivity index (χ4v) is 4.36. The maximum Gasteiger partial charge on any atom is 0.363 e. The highest BCUT2D eigenvalue weighted by Crippen LogP contribution is 2.38. The lowest BCUT2D eigenvalue weighted by molar-refractivity contribution is -0.129. The van der Waals surface area contributed by atoms with Crippen LogP contribution in [0.2, 0.25) is 10.0 Å². The summed E-state index contributed by atoms with van der Waals surface area (Å²) in [6.45, 7) is 3.98. The van der Waals surface area contributed by atoms with Crippen LogP contribution in [0.5, 0.6) is 11.5 Å². The molecule has 0 radical (unpaired) electrons. The van der Waals surface area contributed by atoms with Gasteiger partial charge in [-0.15, -0.1) is 0 Å². The van der Waals surface area contributed by atoms with Gasteiger partial charge in [0.1, 0.15) is 0 Å². The van der Waals surface area contributed by atoms with E-state index in [4.69, 9.17) is 37.4 Å². The van der Waals surface area contributed by atoms with E-state index in [1.54, 1.807) is 48.5 Å². The predicted molar refractivity (Wildman–Crippen MR) is 139 cm³/mol. The number of carbonyl (C=O) groups excluding carboxylic acids is 2. The molecule has 3 aromatic rings. The van der Waals surface area contributed by atoms with Crippen molar-refractivity contribution in [3.05, 3.63) is 97.1 Å². The van der Waals surface area contributed by atoms with E-state index in [0.29, 0.717) is 43.6 Å². The van der Waals surface area contributed by atoms with E-state index in [1.165, 1.54) is 0 Å². The van der Waals surface area contributed by atoms with E-state index >= 15 is 0 Å². The number of aryl methyl sites for hydroxylation is 1. The lowest BCUT2D eigenvalue weighted by Gasteiger charge is -2.14. The molecule has 0 N–H and O–H groups in total. The fourth-order valence-electron chi connectivity index (χ4n) is 3.33. The summed E-state index contributed by atoms with van der Waals surface area (Å²) in [6, 6.07) is 15.3. The summed E-state index contributed by atoms with van der Waals surface area (Å²) >= 11 is 15.6. The monoisotopic (exact) mass is 573 g/mol. The number of hydrogen-bond acceptors (Lipinski definition) is 6. The average molecular weight is 575 g/mol. The first kappa shape index (κ1) is 25.0. The molecule has 0 unspecified atom stereocenters. The van der Waals surface area contributed by atoms with Gasteiger partial charge in [-0.2, -0.15) is 0 Å². The first-order chi connectivity index (χ1) is 16.8. The smallest absolute Gasteiger partial charge is 0.363 e. The van der Waals surface area contributed by atoms with Gasteiger partial charge in [-0.25, -0.2) is 14.6 Å². The van der Waals surface area contributed by atoms with Gasteiger partial charge in [-0.1, -0.05) is 41.4 Å². The number of cyclic esters (lactones) is 1. The third-order valence-corrected chi connectivity index (χ3v) is 6.11. The van der Waals surface area contributed by atoms with Crippen LogP contribution in [-0.4, -0.2) is 24.4 Å². The van der Waals surface area contributed by atoms with Crippen LogP contribution < -0.4 is 9.47 Å². The molecule has 9 heteroatoms. The van der Waals surface area contributed by atoms with Crippen molar-refractivity contribution in [3.8, 4) is 11.5 Å². The number of esters is 2. The molecular formula is C26H18BrCl2NO5. The number of halogens is 3. The Morgan fingerprint density at radius 1 is 1.14 bits per heavy atom. The van der Waals surface area contributed by atoms with Gasteiger partial charge in [0.25, 0.3) is 0 Å². The number of ether oxygens (including phenoxy) is 3. The van der Waals surface area contributed by atoms with E-state index in [9.17, 15) is 9.59 Å². The van der Waals surface area contributed by atoms with Crippen molar-refractivity contribution in [2.24, 2.45) is 4.99 Å². The Labute approximate surface area is 220 Å². The fraction of sp³-hybridized carbons (Fsp3) is 0.115. The maximum absolute atomic E-state index is 12.8. The van der Waals surface area contributed by atoms with Crippen molar-refractivity contribution in [1.29, 1.82) is 0 Å². The Hall–Kier alpha value is -3.13. The molecule has 0 aromatic heterocycles. The van der Waals surface area contributed by atoms with Crippen LogP contribution in [0.1, 0.15) is 34.0 Å². The molecule has 1 aliphatic rings. The number of carbonyl (C=O) groups is 2. The van der Waals surface area contributed by atoms with Crippen LogP contribution in [0.3, 0.4) is 0 Å². The topological polar surface area (TPSA) is 74.2 Å². The summed E-state index contributed by atoms with van der Waals surface area (Å²) < 4.78 is 17.1. The second-order valence-corrected chi connectivity index (χ2v) is 9.13. The quantitative estimate of drug-likeness (QED) is 0.179. The number of rotatable bonds is 6. The molecule has 4 rings (SSSR count). The first-order valence-electron chi connectivity index (χ1n) is 10.5. The van der Waals surface area contributed by atoms with Crippen molar-refractivity contribution < 1.29 is 23.8 Å². The molecule has 0 spiro atoms. The SMILES string of the molecule is CCOc1cc(/C=C2\N=C(c3ccc(Cl)cc3Cl)OC2=O)cc(Br)c1OC(=O)c1ccccc1C. The van der Waals surface area contributed by atoms with Crippen molar-refractivity contribution in [1.82, 2.24) is 0 Å². The summed E-state index contributed by atoms with van der Waals surface area (Å²) in [5.74, 6) is -0.504. The highest BCUT2D eigenvalue weighted by atomic mass is 79.9. The molecule has 0 bridgehead atoms.